The van der Waals surface area contributed by atoms with Crippen LogP contribution in [0, 0.1) is 11.8 Å². The quantitative estimate of drug-likeness (QED) is 0.793. The van der Waals surface area contributed by atoms with Gasteiger partial charge in [0.25, 0.3) is 0 Å². The van der Waals surface area contributed by atoms with Gasteiger partial charge in [-0.15, -0.1) is 0 Å². The summed E-state index contributed by atoms with van der Waals surface area (Å²) < 4.78 is 5.74. The van der Waals surface area contributed by atoms with Gasteiger partial charge in [-0.05, 0) is 30.7 Å². The topological polar surface area (TPSA) is 48.1 Å². The van der Waals surface area contributed by atoms with Crippen molar-refractivity contribution in [2.24, 2.45) is 11.8 Å². The molecule has 0 saturated carbocycles. The van der Waals surface area contributed by atoms with Crippen LogP contribution in [0.5, 0.6) is 5.75 Å². The average Bonchev–Trinajstić information content (AvgIpc) is 2.28. The van der Waals surface area contributed by atoms with Crippen LogP contribution in [0.15, 0.2) is 30.5 Å². The third-order valence-electron chi connectivity index (χ3n) is 3.13. The first-order valence-electron chi connectivity index (χ1n) is 5.75. The molecule has 3 heteroatoms. The highest BCUT2D eigenvalue weighted by Gasteiger charge is 2.18. The number of pyridine rings is 1. The molecule has 0 aliphatic heterocycles. The van der Waals surface area contributed by atoms with Crippen molar-refractivity contribution in [3.63, 3.8) is 0 Å². The highest BCUT2D eigenvalue weighted by molar-refractivity contribution is 5.35. The van der Waals surface area contributed by atoms with E-state index in [0.717, 1.165) is 25.2 Å². The van der Waals surface area contributed by atoms with E-state index >= 15 is 0 Å². The molecule has 0 saturated heterocycles. The number of ether oxygens (including phenoxy) is 1. The second-order valence-corrected chi connectivity index (χ2v) is 4.41. The fourth-order valence-electron chi connectivity index (χ4n) is 1.96. The van der Waals surface area contributed by atoms with Crippen LogP contribution in [-0.2, 0) is 0 Å². The van der Waals surface area contributed by atoms with Crippen molar-refractivity contribution in [2.75, 3.05) is 12.3 Å². The summed E-state index contributed by atoms with van der Waals surface area (Å²) in [6.07, 6.45) is 8.45. The van der Waals surface area contributed by atoms with Crippen LogP contribution >= 0.6 is 0 Å². The van der Waals surface area contributed by atoms with Crippen LogP contribution in [-0.4, -0.2) is 11.6 Å². The molecule has 0 radical (unpaired) electrons. The number of aromatic nitrogens is 1. The lowest BCUT2D eigenvalue weighted by Crippen LogP contribution is -2.21. The van der Waals surface area contributed by atoms with Gasteiger partial charge in [-0.3, -0.25) is 0 Å². The largest absolute Gasteiger partial charge is 0.493 e. The molecule has 3 nitrogen and oxygen atoms in total. The van der Waals surface area contributed by atoms with E-state index in [0.29, 0.717) is 17.7 Å². The van der Waals surface area contributed by atoms with Gasteiger partial charge < -0.3 is 10.5 Å². The Bertz CT molecular complexity index is 376. The highest BCUT2D eigenvalue weighted by Crippen LogP contribution is 2.25. The summed E-state index contributed by atoms with van der Waals surface area (Å²) in [5.41, 5.74) is 5.59. The molecule has 0 amide bonds. The van der Waals surface area contributed by atoms with Crippen LogP contribution in [0.2, 0.25) is 0 Å². The molecule has 2 atom stereocenters. The lowest BCUT2D eigenvalue weighted by molar-refractivity contribution is 0.198. The van der Waals surface area contributed by atoms with E-state index in [1.807, 2.05) is 6.07 Å². The van der Waals surface area contributed by atoms with Gasteiger partial charge in [-0.25, -0.2) is 4.98 Å². The summed E-state index contributed by atoms with van der Waals surface area (Å²) in [5.74, 6) is 2.63. The zero-order valence-corrected chi connectivity index (χ0v) is 9.60. The minimum absolute atomic E-state index is 0.508. The van der Waals surface area contributed by atoms with Crippen molar-refractivity contribution in [1.29, 1.82) is 0 Å². The van der Waals surface area contributed by atoms with Crippen molar-refractivity contribution in [3.05, 3.63) is 30.5 Å². The summed E-state index contributed by atoms with van der Waals surface area (Å²) in [6, 6.07) is 3.61. The summed E-state index contributed by atoms with van der Waals surface area (Å²) in [4.78, 5) is 3.94. The Morgan fingerprint density at radius 3 is 3.00 bits per heavy atom. The predicted octanol–water partition coefficient (Wildman–Crippen LogP) is 2.64. The molecule has 1 aliphatic rings. The minimum Gasteiger partial charge on any atom is -0.493 e. The SMILES string of the molecule is CC1CC=CCC1COc1ccnc(N)c1. The molecule has 2 unspecified atom stereocenters. The molecule has 0 spiro atoms. The van der Waals surface area contributed by atoms with Gasteiger partial charge in [-0.1, -0.05) is 19.1 Å². The monoisotopic (exact) mass is 218 g/mol. The lowest BCUT2D eigenvalue weighted by atomic mass is 9.85. The molecule has 0 aromatic carbocycles. The van der Waals surface area contributed by atoms with E-state index in [1.165, 1.54) is 0 Å². The van der Waals surface area contributed by atoms with Gasteiger partial charge in [0.05, 0.1) is 6.61 Å². The van der Waals surface area contributed by atoms with Crippen LogP contribution in [0.4, 0.5) is 5.82 Å². The first-order valence-corrected chi connectivity index (χ1v) is 5.75. The third-order valence-corrected chi connectivity index (χ3v) is 3.13. The van der Waals surface area contributed by atoms with Crippen LogP contribution in [0.25, 0.3) is 0 Å². The normalized spacial score (nSPS) is 24.3. The maximum atomic E-state index is 5.74. The molecular weight excluding hydrogens is 200 g/mol. The van der Waals surface area contributed by atoms with Gasteiger partial charge in [0, 0.05) is 12.3 Å². The fraction of sp³-hybridized carbons (Fsp3) is 0.462. The van der Waals surface area contributed by atoms with Crippen molar-refractivity contribution < 1.29 is 4.74 Å². The second-order valence-electron chi connectivity index (χ2n) is 4.41. The lowest BCUT2D eigenvalue weighted by Gasteiger charge is -2.25. The summed E-state index contributed by atoms with van der Waals surface area (Å²) in [6.45, 7) is 3.04. The molecule has 1 aromatic rings. The summed E-state index contributed by atoms with van der Waals surface area (Å²) in [7, 11) is 0. The molecule has 0 bridgehead atoms. The van der Waals surface area contributed by atoms with Crippen molar-refractivity contribution >= 4 is 5.82 Å². The number of nitrogens with two attached hydrogens (primary N) is 1. The van der Waals surface area contributed by atoms with Crippen LogP contribution in [0.1, 0.15) is 19.8 Å². The predicted molar refractivity (Wildman–Crippen MR) is 65.2 cm³/mol. The molecule has 1 aliphatic carbocycles. The fourth-order valence-corrected chi connectivity index (χ4v) is 1.96. The molecular formula is C13H18N2O. The number of rotatable bonds is 3. The molecule has 1 aromatic heterocycles. The molecule has 86 valence electrons. The van der Waals surface area contributed by atoms with Crippen LogP contribution in [0.3, 0.4) is 0 Å². The maximum Gasteiger partial charge on any atom is 0.126 e. The van der Waals surface area contributed by atoms with E-state index in [2.05, 4.69) is 24.1 Å². The van der Waals surface area contributed by atoms with Crippen molar-refractivity contribution in [1.82, 2.24) is 4.98 Å². The number of anilines is 1. The third kappa shape index (κ3) is 2.75. The van der Waals surface area contributed by atoms with Crippen molar-refractivity contribution in [3.8, 4) is 5.75 Å². The number of nitrogens with zero attached hydrogens (tertiary/aromatic N) is 1. The summed E-state index contributed by atoms with van der Waals surface area (Å²) >= 11 is 0. The number of hydrogen-bond donors (Lipinski definition) is 1. The Kier molecular flexibility index (Phi) is 3.44. The molecule has 2 rings (SSSR count). The van der Waals surface area contributed by atoms with Gasteiger partial charge in [0.1, 0.15) is 11.6 Å². The van der Waals surface area contributed by atoms with Gasteiger partial charge in [0.15, 0.2) is 0 Å². The first-order chi connectivity index (χ1) is 7.75. The van der Waals surface area contributed by atoms with E-state index in [9.17, 15) is 0 Å². The first kappa shape index (κ1) is 11.0. The maximum absolute atomic E-state index is 5.74. The molecule has 0 fully saturated rings. The Morgan fingerprint density at radius 2 is 2.25 bits per heavy atom. The molecule has 2 N–H and O–H groups in total. The average molecular weight is 218 g/mol. The Labute approximate surface area is 96.3 Å². The van der Waals surface area contributed by atoms with Crippen molar-refractivity contribution in [2.45, 2.75) is 19.8 Å². The Morgan fingerprint density at radius 1 is 1.44 bits per heavy atom. The van der Waals surface area contributed by atoms with Gasteiger partial charge >= 0.3 is 0 Å². The van der Waals surface area contributed by atoms with E-state index in [-0.39, 0.29) is 0 Å². The summed E-state index contributed by atoms with van der Waals surface area (Å²) in [5, 5.41) is 0. The van der Waals surface area contributed by atoms with Crippen LogP contribution < -0.4 is 10.5 Å². The smallest absolute Gasteiger partial charge is 0.126 e. The Hall–Kier alpha value is -1.51. The van der Waals surface area contributed by atoms with E-state index in [1.54, 1.807) is 12.3 Å². The Balaban J connectivity index is 1.89. The van der Waals surface area contributed by atoms with Gasteiger partial charge in [0.2, 0.25) is 0 Å². The zero-order chi connectivity index (χ0) is 11.4. The van der Waals surface area contributed by atoms with Gasteiger partial charge in [-0.2, -0.15) is 0 Å². The highest BCUT2D eigenvalue weighted by atomic mass is 16.5. The zero-order valence-electron chi connectivity index (χ0n) is 9.60. The second kappa shape index (κ2) is 5.01. The van der Waals surface area contributed by atoms with E-state index in [4.69, 9.17) is 10.5 Å². The number of hydrogen-bond acceptors (Lipinski definition) is 3. The number of nitrogen functional groups attached to an aromatic ring is 1. The van der Waals surface area contributed by atoms with E-state index < -0.39 is 0 Å². The minimum atomic E-state index is 0.508. The standard InChI is InChI=1S/C13H18N2O/c1-10-4-2-3-5-11(10)9-16-12-6-7-15-13(14)8-12/h2-3,6-8,10-11H,4-5,9H2,1H3,(H2,14,15). The molecule has 16 heavy (non-hydrogen) atoms. The molecule has 1 heterocycles. The number of allylic oxidation sites excluding steroid dienone is 2.